The van der Waals surface area contributed by atoms with Gasteiger partial charge in [-0.15, -0.1) is 0 Å². The van der Waals surface area contributed by atoms with Gasteiger partial charge >= 0.3 is 0 Å². The average Bonchev–Trinajstić information content (AvgIpc) is 2.51. The van der Waals surface area contributed by atoms with E-state index < -0.39 is 0 Å². The first-order valence-electron chi connectivity index (χ1n) is 8.41. The molecule has 1 saturated heterocycles. The number of ether oxygens (including phenoxy) is 1. The SMILES string of the molecule is CN(CCCNC1CCOC2(CCC2)C1)c1ccccc1. The maximum absolute atomic E-state index is 5.99. The Morgan fingerprint density at radius 1 is 1.29 bits per heavy atom. The molecule has 1 spiro atoms. The van der Waals surface area contributed by atoms with Crippen LogP contribution in [0.5, 0.6) is 0 Å². The predicted octanol–water partition coefficient (Wildman–Crippen LogP) is 3.20. The van der Waals surface area contributed by atoms with E-state index >= 15 is 0 Å². The Morgan fingerprint density at radius 2 is 2.10 bits per heavy atom. The summed E-state index contributed by atoms with van der Waals surface area (Å²) in [6, 6.07) is 11.3. The number of hydrogen-bond donors (Lipinski definition) is 1. The fraction of sp³-hybridized carbons (Fsp3) is 0.667. The zero-order valence-electron chi connectivity index (χ0n) is 13.2. The van der Waals surface area contributed by atoms with Crippen LogP contribution in [0, 0.1) is 0 Å². The second kappa shape index (κ2) is 6.80. The minimum absolute atomic E-state index is 0.261. The molecule has 0 radical (unpaired) electrons. The summed E-state index contributed by atoms with van der Waals surface area (Å²) in [5.41, 5.74) is 1.56. The molecule has 1 aromatic carbocycles. The maximum atomic E-state index is 5.99. The van der Waals surface area contributed by atoms with E-state index in [9.17, 15) is 0 Å². The first-order chi connectivity index (χ1) is 10.3. The number of hydrogen-bond acceptors (Lipinski definition) is 3. The van der Waals surface area contributed by atoms with E-state index in [1.54, 1.807) is 0 Å². The highest BCUT2D eigenvalue weighted by atomic mass is 16.5. The lowest BCUT2D eigenvalue weighted by atomic mass is 9.74. The lowest BCUT2D eigenvalue weighted by molar-refractivity contribution is -0.135. The standard InChI is InChI=1S/C18H28N2O/c1-20(17-7-3-2-4-8-17)13-6-12-19-16-9-14-21-18(15-16)10-5-11-18/h2-4,7-8,16,19H,5-6,9-15H2,1H3. The van der Waals surface area contributed by atoms with Crippen LogP contribution in [0.4, 0.5) is 5.69 Å². The molecule has 1 unspecified atom stereocenters. The molecule has 2 aliphatic rings. The maximum Gasteiger partial charge on any atom is 0.0697 e. The summed E-state index contributed by atoms with van der Waals surface area (Å²) in [5.74, 6) is 0. The van der Waals surface area contributed by atoms with Gasteiger partial charge < -0.3 is 15.0 Å². The summed E-state index contributed by atoms with van der Waals surface area (Å²) in [5, 5.41) is 3.75. The Labute approximate surface area is 128 Å². The van der Waals surface area contributed by atoms with Crippen molar-refractivity contribution in [1.29, 1.82) is 0 Å². The molecule has 0 bridgehead atoms. The van der Waals surface area contributed by atoms with Crippen LogP contribution in [0.1, 0.15) is 38.5 Å². The van der Waals surface area contributed by atoms with Crippen molar-refractivity contribution in [2.75, 3.05) is 31.6 Å². The van der Waals surface area contributed by atoms with Crippen LogP contribution >= 0.6 is 0 Å². The zero-order valence-corrected chi connectivity index (χ0v) is 13.2. The van der Waals surface area contributed by atoms with Crippen LogP contribution in [0.2, 0.25) is 0 Å². The minimum Gasteiger partial charge on any atom is -0.375 e. The highest BCUT2D eigenvalue weighted by molar-refractivity contribution is 5.44. The van der Waals surface area contributed by atoms with Gasteiger partial charge in [0.05, 0.1) is 5.60 Å². The monoisotopic (exact) mass is 288 g/mol. The molecular formula is C18H28N2O. The van der Waals surface area contributed by atoms with Crippen molar-refractivity contribution in [2.24, 2.45) is 0 Å². The number of nitrogens with one attached hydrogen (secondary N) is 1. The molecule has 1 aromatic rings. The average molecular weight is 288 g/mol. The smallest absolute Gasteiger partial charge is 0.0697 e. The summed E-state index contributed by atoms with van der Waals surface area (Å²) in [6.45, 7) is 3.16. The molecular weight excluding hydrogens is 260 g/mol. The van der Waals surface area contributed by atoms with Crippen LogP contribution in [-0.4, -0.2) is 38.4 Å². The molecule has 3 rings (SSSR count). The fourth-order valence-electron chi connectivity index (χ4n) is 3.56. The lowest BCUT2D eigenvalue weighted by Gasteiger charge is -2.47. The van der Waals surface area contributed by atoms with Crippen molar-refractivity contribution >= 4 is 5.69 Å². The third-order valence-electron chi connectivity index (χ3n) is 5.06. The molecule has 1 aliphatic heterocycles. The van der Waals surface area contributed by atoms with Gasteiger partial charge in [-0.1, -0.05) is 18.2 Å². The highest BCUT2D eigenvalue weighted by Crippen LogP contribution is 2.42. The molecule has 2 fully saturated rings. The predicted molar refractivity (Wildman–Crippen MR) is 87.9 cm³/mol. The van der Waals surface area contributed by atoms with Crippen LogP contribution in [0.15, 0.2) is 30.3 Å². The Hall–Kier alpha value is -1.06. The highest BCUT2D eigenvalue weighted by Gasteiger charge is 2.42. The van der Waals surface area contributed by atoms with Gasteiger partial charge in [-0.25, -0.2) is 0 Å². The van der Waals surface area contributed by atoms with E-state index in [0.29, 0.717) is 6.04 Å². The second-order valence-electron chi connectivity index (χ2n) is 6.64. The van der Waals surface area contributed by atoms with Crippen molar-refractivity contribution in [3.8, 4) is 0 Å². The van der Waals surface area contributed by atoms with Crippen molar-refractivity contribution in [2.45, 2.75) is 50.2 Å². The van der Waals surface area contributed by atoms with Gasteiger partial charge in [0.15, 0.2) is 0 Å². The molecule has 1 aliphatic carbocycles. The molecule has 1 saturated carbocycles. The summed E-state index contributed by atoms with van der Waals surface area (Å²) >= 11 is 0. The molecule has 0 aromatic heterocycles. The molecule has 1 heterocycles. The molecule has 3 nitrogen and oxygen atoms in total. The third-order valence-corrected chi connectivity index (χ3v) is 5.06. The van der Waals surface area contributed by atoms with Crippen molar-refractivity contribution in [3.05, 3.63) is 30.3 Å². The van der Waals surface area contributed by atoms with Crippen LogP contribution in [0.3, 0.4) is 0 Å². The Bertz CT molecular complexity index is 430. The Morgan fingerprint density at radius 3 is 2.81 bits per heavy atom. The fourth-order valence-corrected chi connectivity index (χ4v) is 3.56. The van der Waals surface area contributed by atoms with E-state index in [2.05, 4.69) is 47.6 Å². The van der Waals surface area contributed by atoms with Crippen LogP contribution in [-0.2, 0) is 4.74 Å². The molecule has 1 atom stereocenters. The van der Waals surface area contributed by atoms with Crippen molar-refractivity contribution in [1.82, 2.24) is 5.32 Å². The first kappa shape index (κ1) is 14.9. The summed E-state index contributed by atoms with van der Waals surface area (Å²) < 4.78 is 5.99. The van der Waals surface area contributed by atoms with Gasteiger partial charge in [0.25, 0.3) is 0 Å². The summed E-state index contributed by atoms with van der Waals surface area (Å²) in [6.07, 6.45) is 7.51. The zero-order chi connectivity index (χ0) is 14.5. The van der Waals surface area contributed by atoms with Crippen molar-refractivity contribution in [3.63, 3.8) is 0 Å². The van der Waals surface area contributed by atoms with Gasteiger partial charge in [0.1, 0.15) is 0 Å². The third kappa shape index (κ3) is 3.78. The number of rotatable bonds is 6. The normalized spacial score (nSPS) is 23.8. The van der Waals surface area contributed by atoms with Crippen LogP contribution in [0.25, 0.3) is 0 Å². The quantitative estimate of drug-likeness (QED) is 0.814. The summed E-state index contributed by atoms with van der Waals surface area (Å²) in [4.78, 5) is 2.33. The molecule has 3 heteroatoms. The number of anilines is 1. The topological polar surface area (TPSA) is 24.5 Å². The first-order valence-corrected chi connectivity index (χ1v) is 8.41. The number of nitrogens with zero attached hydrogens (tertiary/aromatic N) is 1. The lowest BCUT2D eigenvalue weighted by Crippen LogP contribution is -2.51. The Kier molecular flexibility index (Phi) is 4.81. The van der Waals surface area contributed by atoms with Gasteiger partial charge in [0.2, 0.25) is 0 Å². The largest absolute Gasteiger partial charge is 0.375 e. The Balaban J connectivity index is 1.34. The van der Waals surface area contributed by atoms with Gasteiger partial charge in [0, 0.05) is 31.9 Å². The molecule has 116 valence electrons. The minimum atomic E-state index is 0.261. The van der Waals surface area contributed by atoms with E-state index in [0.717, 1.165) is 19.7 Å². The van der Waals surface area contributed by atoms with Gasteiger partial charge in [-0.05, 0) is 57.2 Å². The van der Waals surface area contributed by atoms with Crippen molar-refractivity contribution < 1.29 is 4.74 Å². The number of benzene rings is 1. The van der Waals surface area contributed by atoms with E-state index in [-0.39, 0.29) is 5.60 Å². The molecule has 1 N–H and O–H groups in total. The van der Waals surface area contributed by atoms with Gasteiger partial charge in [-0.2, -0.15) is 0 Å². The van der Waals surface area contributed by atoms with Crippen LogP contribution < -0.4 is 10.2 Å². The van der Waals surface area contributed by atoms with Gasteiger partial charge in [-0.3, -0.25) is 0 Å². The molecule has 21 heavy (non-hydrogen) atoms. The van der Waals surface area contributed by atoms with E-state index in [1.807, 2.05) is 0 Å². The van der Waals surface area contributed by atoms with E-state index in [4.69, 9.17) is 4.74 Å². The number of para-hydroxylation sites is 1. The summed E-state index contributed by atoms with van der Waals surface area (Å²) in [7, 11) is 2.17. The van der Waals surface area contributed by atoms with E-state index in [1.165, 1.54) is 44.2 Å². The molecule has 0 amide bonds. The second-order valence-corrected chi connectivity index (χ2v) is 6.64.